The standard InChI is InChI=1S/C20H18Cl2N2O5/c1-12(2)11-29-20(26)18(9-13-4-3-5-15(8-13)24(27)28)23-19(25)16-7-6-14(21)10-17(16)22/h3-10,12H,11H2,1-2H3,(H,23,25)/b18-9-. The van der Waals surface area contributed by atoms with Crippen molar-refractivity contribution in [1.82, 2.24) is 5.32 Å². The fraction of sp³-hybridized carbons (Fsp3) is 0.200. The van der Waals surface area contributed by atoms with Gasteiger partial charge >= 0.3 is 5.97 Å². The minimum absolute atomic E-state index is 0.0828. The van der Waals surface area contributed by atoms with Gasteiger partial charge in [0.15, 0.2) is 0 Å². The lowest BCUT2D eigenvalue weighted by molar-refractivity contribution is -0.384. The Morgan fingerprint density at radius 1 is 1.21 bits per heavy atom. The van der Waals surface area contributed by atoms with Crippen LogP contribution >= 0.6 is 23.2 Å². The number of carbonyl (C=O) groups is 2. The molecule has 7 nitrogen and oxygen atoms in total. The number of carbonyl (C=O) groups excluding carboxylic acids is 2. The van der Waals surface area contributed by atoms with Gasteiger partial charge < -0.3 is 10.1 Å². The van der Waals surface area contributed by atoms with Crippen molar-refractivity contribution in [2.45, 2.75) is 13.8 Å². The molecule has 0 bridgehead atoms. The van der Waals surface area contributed by atoms with Gasteiger partial charge in [-0.2, -0.15) is 0 Å². The SMILES string of the molecule is CC(C)COC(=O)/C(=C/c1cccc([N+](=O)[O-])c1)NC(=O)c1ccc(Cl)cc1Cl. The van der Waals surface area contributed by atoms with Crippen LogP contribution in [0.2, 0.25) is 10.0 Å². The van der Waals surface area contributed by atoms with Crippen molar-refractivity contribution in [3.8, 4) is 0 Å². The van der Waals surface area contributed by atoms with Gasteiger partial charge in [0, 0.05) is 17.2 Å². The number of hydrogen-bond donors (Lipinski definition) is 1. The second-order valence-electron chi connectivity index (χ2n) is 6.48. The molecular formula is C20H18Cl2N2O5. The number of non-ortho nitro benzene ring substituents is 1. The molecule has 9 heteroatoms. The van der Waals surface area contributed by atoms with Crippen LogP contribution in [0.25, 0.3) is 6.08 Å². The second kappa shape index (κ2) is 10.0. The molecule has 2 rings (SSSR count). The molecule has 0 saturated carbocycles. The molecule has 0 heterocycles. The van der Waals surface area contributed by atoms with E-state index in [0.717, 1.165) is 0 Å². The Morgan fingerprint density at radius 3 is 2.55 bits per heavy atom. The fourth-order valence-corrected chi connectivity index (χ4v) is 2.72. The minimum atomic E-state index is -0.774. The molecule has 0 aliphatic carbocycles. The molecule has 0 radical (unpaired) electrons. The monoisotopic (exact) mass is 436 g/mol. The third kappa shape index (κ3) is 6.58. The maximum Gasteiger partial charge on any atom is 0.354 e. The van der Waals surface area contributed by atoms with Gasteiger partial charge in [-0.05, 0) is 35.8 Å². The predicted molar refractivity (Wildman–Crippen MR) is 111 cm³/mol. The van der Waals surface area contributed by atoms with Crippen molar-refractivity contribution in [2.75, 3.05) is 6.61 Å². The Balaban J connectivity index is 2.36. The number of rotatable bonds is 7. The van der Waals surface area contributed by atoms with Gasteiger partial charge in [-0.25, -0.2) is 4.79 Å². The van der Waals surface area contributed by atoms with Crippen LogP contribution in [0.3, 0.4) is 0 Å². The number of amides is 1. The highest BCUT2D eigenvalue weighted by Gasteiger charge is 2.19. The van der Waals surface area contributed by atoms with Crippen LogP contribution in [-0.4, -0.2) is 23.4 Å². The molecule has 0 atom stereocenters. The van der Waals surface area contributed by atoms with Crippen molar-refractivity contribution < 1.29 is 19.2 Å². The van der Waals surface area contributed by atoms with Crippen molar-refractivity contribution in [1.29, 1.82) is 0 Å². The molecule has 2 aromatic rings. The zero-order valence-corrected chi connectivity index (χ0v) is 17.2. The van der Waals surface area contributed by atoms with E-state index in [-0.39, 0.29) is 34.5 Å². The molecule has 1 N–H and O–H groups in total. The number of nitro groups is 1. The third-order valence-corrected chi connectivity index (χ3v) is 4.13. The molecular weight excluding hydrogens is 419 g/mol. The number of benzene rings is 2. The van der Waals surface area contributed by atoms with E-state index >= 15 is 0 Å². The number of nitrogens with one attached hydrogen (secondary N) is 1. The predicted octanol–water partition coefficient (Wildman–Crippen LogP) is 4.87. The summed E-state index contributed by atoms with van der Waals surface area (Å²) in [6.07, 6.45) is 1.30. The van der Waals surface area contributed by atoms with E-state index < -0.39 is 16.8 Å². The summed E-state index contributed by atoms with van der Waals surface area (Å²) in [6.45, 7) is 3.87. The third-order valence-electron chi connectivity index (χ3n) is 3.58. The maximum atomic E-state index is 12.6. The zero-order valence-electron chi connectivity index (χ0n) is 15.6. The van der Waals surface area contributed by atoms with E-state index in [2.05, 4.69) is 5.32 Å². The number of nitrogens with zero attached hydrogens (tertiary/aromatic N) is 1. The van der Waals surface area contributed by atoms with Crippen LogP contribution in [0.1, 0.15) is 29.8 Å². The smallest absolute Gasteiger partial charge is 0.354 e. The molecule has 0 aliphatic heterocycles. The zero-order chi connectivity index (χ0) is 21.6. The first-order chi connectivity index (χ1) is 13.7. The first kappa shape index (κ1) is 22.4. The summed E-state index contributed by atoms with van der Waals surface area (Å²) in [4.78, 5) is 35.5. The topological polar surface area (TPSA) is 98.5 Å². The average Bonchev–Trinajstić information content (AvgIpc) is 2.65. The first-order valence-corrected chi connectivity index (χ1v) is 9.32. The first-order valence-electron chi connectivity index (χ1n) is 8.57. The van der Waals surface area contributed by atoms with Crippen LogP contribution in [-0.2, 0) is 9.53 Å². The second-order valence-corrected chi connectivity index (χ2v) is 7.32. The van der Waals surface area contributed by atoms with E-state index in [0.29, 0.717) is 10.6 Å². The lowest BCUT2D eigenvalue weighted by Gasteiger charge is -2.12. The Morgan fingerprint density at radius 2 is 1.93 bits per heavy atom. The summed E-state index contributed by atoms with van der Waals surface area (Å²) >= 11 is 11.9. The van der Waals surface area contributed by atoms with Crippen molar-refractivity contribution in [3.05, 3.63) is 79.4 Å². The van der Waals surface area contributed by atoms with Crippen molar-refractivity contribution >= 4 is 46.8 Å². The average molecular weight is 437 g/mol. The fourth-order valence-electron chi connectivity index (χ4n) is 2.22. The number of halogens is 2. The molecule has 0 aliphatic rings. The molecule has 0 fully saturated rings. The molecule has 0 saturated heterocycles. The molecule has 0 aromatic heterocycles. The number of nitro benzene ring substituents is 1. The van der Waals surface area contributed by atoms with Gasteiger partial charge in [-0.1, -0.05) is 49.2 Å². The summed E-state index contributed by atoms with van der Waals surface area (Å²) in [5, 5.41) is 13.9. The Kier molecular flexibility index (Phi) is 7.75. The van der Waals surface area contributed by atoms with Gasteiger partial charge in [0.1, 0.15) is 5.70 Å². The summed E-state index contributed by atoms with van der Waals surface area (Å²) in [6, 6.07) is 9.94. The van der Waals surface area contributed by atoms with E-state index in [1.807, 2.05) is 13.8 Å². The summed E-state index contributed by atoms with van der Waals surface area (Å²) in [5.74, 6) is -1.34. The highest BCUT2D eigenvalue weighted by Crippen LogP contribution is 2.22. The van der Waals surface area contributed by atoms with Gasteiger partial charge in [0.2, 0.25) is 0 Å². The number of ether oxygens (including phenoxy) is 1. The molecule has 2 aromatic carbocycles. The Hall–Kier alpha value is -2.90. The van der Waals surface area contributed by atoms with Crippen LogP contribution in [0, 0.1) is 16.0 Å². The van der Waals surface area contributed by atoms with Crippen LogP contribution in [0.15, 0.2) is 48.2 Å². The summed E-state index contributed by atoms with van der Waals surface area (Å²) in [5.41, 5.74) is 0.124. The van der Waals surface area contributed by atoms with E-state index in [4.69, 9.17) is 27.9 Å². The number of hydrogen-bond acceptors (Lipinski definition) is 5. The van der Waals surface area contributed by atoms with Crippen LogP contribution in [0.5, 0.6) is 0 Å². The largest absolute Gasteiger partial charge is 0.461 e. The number of esters is 1. The van der Waals surface area contributed by atoms with Gasteiger partial charge in [-0.3, -0.25) is 14.9 Å². The van der Waals surface area contributed by atoms with E-state index in [1.165, 1.54) is 42.5 Å². The minimum Gasteiger partial charge on any atom is -0.461 e. The highest BCUT2D eigenvalue weighted by atomic mass is 35.5. The lowest BCUT2D eigenvalue weighted by Crippen LogP contribution is -2.29. The lowest BCUT2D eigenvalue weighted by atomic mass is 10.1. The summed E-state index contributed by atoms with van der Waals surface area (Å²) < 4.78 is 5.19. The Bertz CT molecular complexity index is 973. The van der Waals surface area contributed by atoms with Gasteiger partial charge in [-0.15, -0.1) is 0 Å². The molecule has 0 spiro atoms. The van der Waals surface area contributed by atoms with Gasteiger partial charge in [0.25, 0.3) is 11.6 Å². The molecule has 1 amide bonds. The Labute approximate surface area is 177 Å². The van der Waals surface area contributed by atoms with E-state index in [9.17, 15) is 19.7 Å². The van der Waals surface area contributed by atoms with Crippen LogP contribution < -0.4 is 5.32 Å². The molecule has 29 heavy (non-hydrogen) atoms. The molecule has 0 unspecified atom stereocenters. The normalized spacial score (nSPS) is 11.3. The highest BCUT2D eigenvalue weighted by molar-refractivity contribution is 6.36. The van der Waals surface area contributed by atoms with E-state index in [1.54, 1.807) is 6.07 Å². The molecule has 152 valence electrons. The maximum absolute atomic E-state index is 12.6. The quantitative estimate of drug-likeness (QED) is 0.288. The van der Waals surface area contributed by atoms with Crippen molar-refractivity contribution in [2.24, 2.45) is 5.92 Å². The van der Waals surface area contributed by atoms with Crippen molar-refractivity contribution in [3.63, 3.8) is 0 Å². The van der Waals surface area contributed by atoms with Gasteiger partial charge in [0.05, 0.1) is 22.1 Å². The summed E-state index contributed by atoms with van der Waals surface area (Å²) in [7, 11) is 0. The van der Waals surface area contributed by atoms with Crippen LogP contribution in [0.4, 0.5) is 5.69 Å².